The monoisotopic (exact) mass is 984 g/mol. The lowest BCUT2D eigenvalue weighted by Crippen LogP contribution is -2.74. The van der Waals surface area contributed by atoms with Crippen molar-refractivity contribution in [2.24, 2.45) is 0 Å². The average Bonchev–Trinajstić information content (AvgIpc) is 4.15. The van der Waals surface area contributed by atoms with Crippen LogP contribution in [0.1, 0.15) is 22.3 Å². The number of para-hydroxylation sites is 2. The van der Waals surface area contributed by atoms with E-state index in [1.165, 1.54) is 87.1 Å². The molecular formula is C73H52N2Si. The molecule has 13 aromatic rings. The van der Waals surface area contributed by atoms with Crippen LogP contribution in [-0.4, -0.2) is 12.6 Å². The van der Waals surface area contributed by atoms with Crippen LogP contribution in [-0.2, 0) is 5.41 Å². The number of aromatic nitrogens is 1. The molecular weight excluding hydrogens is 933 g/mol. The first-order chi connectivity index (χ1) is 37.7. The fraction of sp³-hybridized carbons (Fsp3) is 0.0137. The van der Waals surface area contributed by atoms with Gasteiger partial charge in [0.2, 0.25) is 0 Å². The van der Waals surface area contributed by atoms with Gasteiger partial charge in [-0.25, -0.2) is 0 Å². The molecule has 0 spiro atoms. The number of hydrogen-bond acceptors (Lipinski definition) is 1. The summed E-state index contributed by atoms with van der Waals surface area (Å²) in [6.07, 6.45) is 0. The van der Waals surface area contributed by atoms with Gasteiger partial charge >= 0.3 is 0 Å². The molecule has 12 aromatic carbocycles. The first-order valence-electron chi connectivity index (χ1n) is 26.3. The Labute approximate surface area is 445 Å². The molecule has 0 atom stereocenters. The lowest BCUT2D eigenvalue weighted by Gasteiger charge is -2.36. The van der Waals surface area contributed by atoms with Gasteiger partial charge in [-0.2, -0.15) is 0 Å². The zero-order valence-electron chi connectivity index (χ0n) is 41.9. The van der Waals surface area contributed by atoms with Crippen LogP contribution in [0.2, 0.25) is 0 Å². The molecule has 0 saturated heterocycles. The minimum absolute atomic E-state index is 0.656. The molecule has 1 aliphatic carbocycles. The summed E-state index contributed by atoms with van der Waals surface area (Å²) in [5.74, 6) is 0. The van der Waals surface area contributed by atoms with Gasteiger partial charge in [-0.05, 0) is 126 Å². The SMILES string of the molecule is c1ccc(-c2ccc(N(c3ccc([Si](c4ccccc4)(c4ccccc4)c4ccccc4)cc3)c3ccc4c(c3)C(c3ccccc3)(c3ccccc3)c3cc(-n5c6ccccc6c6ccccc65)ccc3-4)cc2)cc1. The third-order valence-electron chi connectivity index (χ3n) is 16.0. The van der Waals surface area contributed by atoms with E-state index >= 15 is 0 Å². The summed E-state index contributed by atoms with van der Waals surface area (Å²) in [7, 11) is -2.78. The number of hydrogen-bond donors (Lipinski definition) is 0. The molecule has 1 aromatic heterocycles. The van der Waals surface area contributed by atoms with Gasteiger partial charge in [-0.15, -0.1) is 0 Å². The summed E-state index contributed by atoms with van der Waals surface area (Å²) in [5.41, 5.74) is 16.0. The Morgan fingerprint density at radius 2 is 0.658 bits per heavy atom. The summed E-state index contributed by atoms with van der Waals surface area (Å²) in [5, 5.41) is 7.89. The molecule has 358 valence electrons. The molecule has 1 aliphatic rings. The van der Waals surface area contributed by atoms with Crippen molar-refractivity contribution >= 4 is 67.7 Å². The molecule has 0 fully saturated rings. The van der Waals surface area contributed by atoms with Crippen molar-refractivity contribution in [2.45, 2.75) is 5.41 Å². The molecule has 0 saturated carbocycles. The zero-order valence-corrected chi connectivity index (χ0v) is 42.9. The lowest BCUT2D eigenvalue weighted by atomic mass is 9.67. The smallest absolute Gasteiger partial charge is 0.179 e. The van der Waals surface area contributed by atoms with E-state index in [-0.39, 0.29) is 0 Å². The van der Waals surface area contributed by atoms with Crippen LogP contribution in [0, 0.1) is 0 Å². The van der Waals surface area contributed by atoms with Crippen molar-refractivity contribution in [3.8, 4) is 27.9 Å². The van der Waals surface area contributed by atoms with Crippen molar-refractivity contribution in [1.82, 2.24) is 4.57 Å². The Morgan fingerprint density at radius 1 is 0.289 bits per heavy atom. The largest absolute Gasteiger partial charge is 0.310 e. The van der Waals surface area contributed by atoms with E-state index in [0.29, 0.717) is 0 Å². The Bertz CT molecular complexity index is 3990. The molecule has 14 rings (SSSR count). The zero-order chi connectivity index (χ0) is 50.5. The Morgan fingerprint density at radius 3 is 1.16 bits per heavy atom. The highest BCUT2D eigenvalue weighted by Crippen LogP contribution is 2.58. The maximum Gasteiger partial charge on any atom is 0.179 e. The van der Waals surface area contributed by atoms with Crippen LogP contribution in [0.15, 0.2) is 315 Å². The highest BCUT2D eigenvalue weighted by atomic mass is 28.3. The summed E-state index contributed by atoms with van der Waals surface area (Å²) >= 11 is 0. The fourth-order valence-electron chi connectivity index (χ4n) is 12.7. The molecule has 0 bridgehead atoms. The first-order valence-corrected chi connectivity index (χ1v) is 28.3. The summed E-state index contributed by atoms with van der Waals surface area (Å²) in [6, 6.07) is 117. The molecule has 3 heteroatoms. The van der Waals surface area contributed by atoms with E-state index in [4.69, 9.17) is 0 Å². The lowest BCUT2D eigenvalue weighted by molar-refractivity contribution is 0.767. The van der Waals surface area contributed by atoms with Crippen LogP contribution in [0.5, 0.6) is 0 Å². The first kappa shape index (κ1) is 45.1. The van der Waals surface area contributed by atoms with Crippen LogP contribution in [0.4, 0.5) is 17.1 Å². The minimum Gasteiger partial charge on any atom is -0.310 e. The normalized spacial score (nSPS) is 12.6. The van der Waals surface area contributed by atoms with E-state index in [9.17, 15) is 0 Å². The second-order valence-corrected chi connectivity index (χ2v) is 23.8. The number of rotatable bonds is 11. The Kier molecular flexibility index (Phi) is 11.1. The number of fused-ring (bicyclic) bond motifs is 6. The van der Waals surface area contributed by atoms with E-state index in [1.54, 1.807) is 0 Å². The van der Waals surface area contributed by atoms with Gasteiger partial charge in [0.25, 0.3) is 0 Å². The third kappa shape index (κ3) is 7.16. The third-order valence-corrected chi connectivity index (χ3v) is 20.8. The van der Waals surface area contributed by atoms with Crippen molar-refractivity contribution in [2.75, 3.05) is 4.90 Å². The standard InChI is InChI=1S/C73H52N2Si/c1-7-23-53(24-8-1)54-39-41-57(42-40-54)74(58-43-47-64(48-44-58)76(61-29-13-4-14-30-61,62-31-15-5-16-32-62)63-33-17-6-18-34-63)59-45-49-65-66-50-46-60(75-71-37-21-19-35-67(71)68-36-20-22-38-72(68)75)52-70(66)73(69(65)51-59,55-25-9-2-10-26-55)56-27-11-3-12-28-56/h1-52H. The minimum atomic E-state index is -2.78. The van der Waals surface area contributed by atoms with E-state index in [0.717, 1.165) is 22.7 Å². The maximum atomic E-state index is 2.49. The second-order valence-electron chi connectivity index (χ2n) is 20.0. The van der Waals surface area contributed by atoms with Gasteiger partial charge in [0, 0.05) is 33.5 Å². The van der Waals surface area contributed by atoms with Gasteiger partial charge in [0.1, 0.15) is 0 Å². The molecule has 0 radical (unpaired) electrons. The van der Waals surface area contributed by atoms with Crippen molar-refractivity contribution < 1.29 is 0 Å². The van der Waals surface area contributed by atoms with Gasteiger partial charge in [0.15, 0.2) is 8.07 Å². The van der Waals surface area contributed by atoms with E-state index in [2.05, 4.69) is 325 Å². The summed E-state index contributed by atoms with van der Waals surface area (Å²) in [6.45, 7) is 0. The van der Waals surface area contributed by atoms with E-state index < -0.39 is 13.5 Å². The highest BCUT2D eigenvalue weighted by molar-refractivity contribution is 7.19. The fourth-order valence-corrected chi connectivity index (χ4v) is 17.5. The van der Waals surface area contributed by atoms with Crippen LogP contribution < -0.4 is 25.6 Å². The molecule has 0 amide bonds. The van der Waals surface area contributed by atoms with Crippen molar-refractivity contribution in [3.63, 3.8) is 0 Å². The van der Waals surface area contributed by atoms with Crippen molar-refractivity contribution in [3.05, 3.63) is 338 Å². The molecule has 2 nitrogen and oxygen atoms in total. The Hall–Kier alpha value is -9.54. The molecule has 0 aliphatic heterocycles. The predicted octanol–water partition coefficient (Wildman–Crippen LogP) is 15.7. The van der Waals surface area contributed by atoms with Gasteiger partial charge < -0.3 is 9.47 Å². The molecule has 1 heterocycles. The summed E-state index contributed by atoms with van der Waals surface area (Å²) < 4.78 is 2.45. The average molecular weight is 985 g/mol. The van der Waals surface area contributed by atoms with Gasteiger partial charge in [-0.1, -0.05) is 255 Å². The van der Waals surface area contributed by atoms with Gasteiger partial charge in [0.05, 0.1) is 16.4 Å². The van der Waals surface area contributed by atoms with Gasteiger partial charge in [-0.3, -0.25) is 0 Å². The topological polar surface area (TPSA) is 8.17 Å². The molecule has 0 unspecified atom stereocenters. The van der Waals surface area contributed by atoms with E-state index in [1.807, 2.05) is 0 Å². The quantitative estimate of drug-likeness (QED) is 0.0926. The molecule has 0 N–H and O–H groups in total. The maximum absolute atomic E-state index is 2.78. The van der Waals surface area contributed by atoms with Crippen LogP contribution in [0.25, 0.3) is 49.7 Å². The number of anilines is 3. The van der Waals surface area contributed by atoms with Crippen LogP contribution >= 0.6 is 0 Å². The molecule has 76 heavy (non-hydrogen) atoms. The number of benzene rings is 12. The second kappa shape index (κ2) is 18.7. The number of nitrogens with zero attached hydrogens (tertiary/aromatic N) is 2. The summed E-state index contributed by atoms with van der Waals surface area (Å²) in [4.78, 5) is 2.46. The Balaban J connectivity index is 0.993. The predicted molar refractivity (Wildman–Crippen MR) is 322 cm³/mol. The van der Waals surface area contributed by atoms with Crippen molar-refractivity contribution in [1.29, 1.82) is 0 Å². The van der Waals surface area contributed by atoms with Crippen LogP contribution in [0.3, 0.4) is 0 Å². The highest BCUT2D eigenvalue weighted by Gasteiger charge is 2.47.